The molecule has 0 heterocycles. The Balaban J connectivity index is -0.0000000740. The van der Waals surface area contributed by atoms with Crippen LogP contribution < -0.4 is 4.74 Å². The molecule has 1 rings (SSSR count). The van der Waals surface area contributed by atoms with E-state index in [4.69, 9.17) is 9.53 Å². The average Bonchev–Trinajstić information content (AvgIpc) is 2.36. The standard InChI is InChI=1S/C7H8O.CH2O.3BF4.K.H/c1-8-7-5-3-2-4-6-7;1-2;3*2-1(3,4)5;;/h2-6H,1H3;1H2;;;;;/q;;3*-1;;. The zero-order valence-corrected chi connectivity index (χ0v) is 12.2. The molecule has 0 saturated carbocycles. The van der Waals surface area contributed by atoms with Gasteiger partial charge in [0.2, 0.25) is 0 Å². The molecule has 0 atom stereocenters. The first-order valence-corrected chi connectivity index (χ1v) is 5.43. The van der Waals surface area contributed by atoms with Crippen molar-refractivity contribution in [3.8, 4) is 5.75 Å². The Morgan fingerprint density at radius 1 is 0.654 bits per heavy atom. The van der Waals surface area contributed by atoms with Crippen LogP contribution in [0.4, 0.5) is 51.8 Å². The summed E-state index contributed by atoms with van der Waals surface area (Å²) in [6.07, 6.45) is 0. The molecule has 18 heteroatoms. The molecule has 2 nitrogen and oxygen atoms in total. The number of methoxy groups -OCH3 is 1. The summed E-state index contributed by atoms with van der Waals surface area (Å²) in [4.78, 5) is 8.00. The number of halogens is 12. The van der Waals surface area contributed by atoms with Gasteiger partial charge in [-0.3, -0.25) is 0 Å². The Morgan fingerprint density at radius 2 is 0.846 bits per heavy atom. The maximum atomic E-state index is 9.75. The fraction of sp³-hybridized carbons (Fsp3) is 0.125. The molecule has 26 heavy (non-hydrogen) atoms. The summed E-state index contributed by atoms with van der Waals surface area (Å²) in [5.74, 6) is 0.910. The Morgan fingerprint density at radius 3 is 0.962 bits per heavy atom. The average molecular weight is 439 g/mol. The van der Waals surface area contributed by atoms with Crippen LogP contribution in [0.3, 0.4) is 0 Å². The fourth-order valence-electron chi connectivity index (χ4n) is 0.557. The molecule has 0 amide bonds. The number of rotatable bonds is 1. The molecule has 0 radical (unpaired) electrons. The summed E-state index contributed by atoms with van der Waals surface area (Å²) in [5.41, 5.74) is 0. The van der Waals surface area contributed by atoms with Crippen molar-refractivity contribution in [1.29, 1.82) is 0 Å². The number of para-hydroxylation sites is 1. The van der Waals surface area contributed by atoms with E-state index in [0.29, 0.717) is 0 Å². The number of carbonyl (C=O) groups excluding carboxylic acids is 1. The third-order valence-electron chi connectivity index (χ3n) is 0.979. The molecular formula is C8H11B3F12KO2-3. The van der Waals surface area contributed by atoms with Gasteiger partial charge in [-0.15, -0.1) is 0 Å². The number of benzene rings is 1. The van der Waals surface area contributed by atoms with Gasteiger partial charge in [-0.25, -0.2) is 0 Å². The molecule has 0 bridgehead atoms. The van der Waals surface area contributed by atoms with Crippen LogP contribution >= 0.6 is 0 Å². The zero-order valence-electron chi connectivity index (χ0n) is 12.2. The van der Waals surface area contributed by atoms with Gasteiger partial charge in [0.25, 0.3) is 0 Å². The monoisotopic (exact) mass is 439 g/mol. The fourth-order valence-corrected chi connectivity index (χ4v) is 0.557. The third kappa shape index (κ3) is 130. The summed E-state index contributed by atoms with van der Waals surface area (Å²) in [6.45, 7) is 2.00. The quantitative estimate of drug-likeness (QED) is 0.467. The summed E-state index contributed by atoms with van der Waals surface area (Å²) >= 11 is 0. The minimum absolute atomic E-state index is 0. The van der Waals surface area contributed by atoms with E-state index in [1.165, 1.54) is 0 Å². The molecule has 1 aromatic carbocycles. The van der Waals surface area contributed by atoms with Gasteiger partial charge in [-0.2, -0.15) is 0 Å². The van der Waals surface area contributed by atoms with Gasteiger partial charge >= 0.3 is 73.1 Å². The summed E-state index contributed by atoms with van der Waals surface area (Å²) in [6, 6.07) is 9.68. The number of hydrogen-bond donors (Lipinski definition) is 0. The van der Waals surface area contributed by atoms with E-state index in [-0.39, 0.29) is 51.4 Å². The number of ether oxygens (including phenoxy) is 1. The molecule has 0 N–H and O–H groups in total. The van der Waals surface area contributed by atoms with E-state index in [2.05, 4.69) is 0 Å². The molecule has 0 unspecified atom stereocenters. The zero-order chi connectivity index (χ0) is 21.3. The molecule has 0 saturated heterocycles. The van der Waals surface area contributed by atoms with Crippen LogP contribution in [0.25, 0.3) is 0 Å². The Bertz CT molecular complexity index is 354. The van der Waals surface area contributed by atoms with Crippen LogP contribution in [0.5, 0.6) is 5.75 Å². The Hall–Kier alpha value is -0.319. The normalized spacial score (nSPS) is 9.73. The minimum atomic E-state index is -6.00. The van der Waals surface area contributed by atoms with E-state index in [9.17, 15) is 51.8 Å². The molecular weight excluding hydrogens is 428 g/mol. The second-order valence-corrected chi connectivity index (χ2v) is 3.00. The van der Waals surface area contributed by atoms with Crippen molar-refractivity contribution in [1.82, 2.24) is 0 Å². The van der Waals surface area contributed by atoms with Gasteiger partial charge in [0, 0.05) is 0 Å². The predicted octanol–water partition coefficient (Wildman–Crippen LogP) is 4.76. The van der Waals surface area contributed by atoms with E-state index in [0.717, 1.165) is 5.75 Å². The summed E-state index contributed by atoms with van der Waals surface area (Å²) in [7, 11) is -16.3. The van der Waals surface area contributed by atoms with E-state index < -0.39 is 21.8 Å². The van der Waals surface area contributed by atoms with E-state index in [1.807, 2.05) is 37.1 Å². The van der Waals surface area contributed by atoms with Crippen molar-refractivity contribution in [3.05, 3.63) is 30.3 Å². The Labute approximate surface area is 183 Å². The maximum absolute atomic E-state index is 9.75. The van der Waals surface area contributed by atoms with Crippen LogP contribution in [0.2, 0.25) is 0 Å². The summed E-state index contributed by atoms with van der Waals surface area (Å²) < 4.78 is 122. The van der Waals surface area contributed by atoms with Crippen molar-refractivity contribution < 1.29 is 61.3 Å². The van der Waals surface area contributed by atoms with Crippen LogP contribution in [0, 0.1) is 0 Å². The van der Waals surface area contributed by atoms with E-state index in [1.54, 1.807) is 7.11 Å². The van der Waals surface area contributed by atoms with Crippen molar-refractivity contribution in [2.24, 2.45) is 0 Å². The Kier molecular flexibility index (Phi) is 27.4. The second-order valence-electron chi connectivity index (χ2n) is 3.00. The van der Waals surface area contributed by atoms with Crippen molar-refractivity contribution >= 4 is 79.9 Å². The van der Waals surface area contributed by atoms with Gasteiger partial charge < -0.3 is 61.3 Å². The number of carbonyl (C=O) groups is 1. The summed E-state index contributed by atoms with van der Waals surface area (Å²) in [5, 5.41) is 0. The molecule has 0 aliphatic carbocycles. The molecule has 0 fully saturated rings. The molecule has 0 spiro atoms. The topological polar surface area (TPSA) is 26.3 Å². The van der Waals surface area contributed by atoms with Crippen molar-refractivity contribution in [3.63, 3.8) is 0 Å². The van der Waals surface area contributed by atoms with Gasteiger partial charge in [0.15, 0.2) is 0 Å². The number of hydrogen-bond acceptors (Lipinski definition) is 2. The third-order valence-corrected chi connectivity index (χ3v) is 0.979. The van der Waals surface area contributed by atoms with Crippen LogP contribution in [-0.2, 0) is 4.79 Å². The second kappa shape index (κ2) is 19.4. The molecule has 0 aromatic heterocycles. The van der Waals surface area contributed by atoms with Gasteiger partial charge in [-0.05, 0) is 12.1 Å². The van der Waals surface area contributed by atoms with Gasteiger partial charge in [-0.1, -0.05) is 18.2 Å². The van der Waals surface area contributed by atoms with Crippen LogP contribution in [0.1, 0.15) is 0 Å². The predicted molar refractivity (Wildman–Crippen MR) is 77.8 cm³/mol. The van der Waals surface area contributed by atoms with Crippen LogP contribution in [-0.4, -0.2) is 87.0 Å². The molecule has 0 aliphatic rings. The van der Waals surface area contributed by atoms with Crippen molar-refractivity contribution in [2.45, 2.75) is 0 Å². The van der Waals surface area contributed by atoms with Gasteiger partial charge in [0.05, 0.1) is 7.11 Å². The first-order chi connectivity index (χ1) is 10.9. The van der Waals surface area contributed by atoms with Crippen molar-refractivity contribution in [2.75, 3.05) is 7.11 Å². The van der Waals surface area contributed by atoms with Crippen LogP contribution in [0.15, 0.2) is 30.3 Å². The first-order valence-electron chi connectivity index (χ1n) is 5.43. The molecule has 1 aromatic rings. The van der Waals surface area contributed by atoms with E-state index >= 15 is 0 Å². The molecule has 152 valence electrons. The van der Waals surface area contributed by atoms with Gasteiger partial charge in [0.1, 0.15) is 12.5 Å². The molecule has 0 aliphatic heterocycles. The SMILES string of the molecule is C=O.COc1ccccc1.F[B-](F)(F)F.F[B-](F)(F)F.F[B-](F)(F)F.[KH]. The first kappa shape index (κ1) is 36.6.